The number of benzene rings is 2. The van der Waals surface area contributed by atoms with Gasteiger partial charge in [-0.25, -0.2) is 9.78 Å². The van der Waals surface area contributed by atoms with Gasteiger partial charge in [0.05, 0.1) is 38.6 Å². The molecule has 0 spiro atoms. The van der Waals surface area contributed by atoms with Gasteiger partial charge in [0.25, 0.3) is 0 Å². The molecule has 3 aliphatic heterocycles. The van der Waals surface area contributed by atoms with Crippen LogP contribution in [0.25, 0.3) is 0 Å². The number of nitrogens with one attached hydrogen (secondary N) is 1. The Hall–Kier alpha value is -4.64. The zero-order valence-corrected chi connectivity index (χ0v) is 23.7. The number of morpholine rings is 1. The molecule has 2 saturated heterocycles. The zero-order chi connectivity index (χ0) is 29.1. The molecule has 3 aliphatic rings. The van der Waals surface area contributed by atoms with Crippen LogP contribution in [-0.2, 0) is 22.6 Å². The zero-order valence-electron chi connectivity index (χ0n) is 23.7. The Labute approximate surface area is 245 Å². The fourth-order valence-electron chi connectivity index (χ4n) is 5.75. The van der Waals surface area contributed by atoms with Crippen molar-refractivity contribution in [2.75, 3.05) is 61.6 Å². The van der Waals surface area contributed by atoms with Crippen LogP contribution in [0.5, 0.6) is 5.75 Å². The highest BCUT2D eigenvalue weighted by molar-refractivity contribution is 5.95. The molecular formula is C31H35N7O4. The molecule has 218 valence electrons. The first-order valence-electron chi connectivity index (χ1n) is 14.2. The van der Waals surface area contributed by atoms with E-state index in [4.69, 9.17) is 14.5 Å². The molecule has 2 fully saturated rings. The SMILES string of the molecule is C=CC(=O)N1CC[C@H](N2C(=O)N(Cc3ccccc3)Cc3cnc(Nc4ccc(N5CCOCC5)cc4OC)nc32)C1. The highest BCUT2D eigenvalue weighted by atomic mass is 16.5. The summed E-state index contributed by atoms with van der Waals surface area (Å²) in [7, 11) is 1.63. The standard InChI is InChI=1S/C31H35N7O4/c1-3-28(39)36-12-11-25(21-36)38-29-23(20-37(31(38)40)19-22-7-5-4-6-8-22)18-32-30(34-29)33-26-10-9-24(17-27(26)41-2)35-13-15-42-16-14-35/h3-10,17-18,25H,1,11-16,19-21H2,2H3,(H,32,33,34)/t25-/m0/s1. The largest absolute Gasteiger partial charge is 0.494 e. The van der Waals surface area contributed by atoms with Gasteiger partial charge in [0.1, 0.15) is 11.6 Å². The molecule has 11 heteroatoms. The Morgan fingerprint density at radius 2 is 1.98 bits per heavy atom. The predicted molar refractivity (Wildman–Crippen MR) is 160 cm³/mol. The van der Waals surface area contributed by atoms with Gasteiger partial charge in [0, 0.05) is 56.2 Å². The van der Waals surface area contributed by atoms with Crippen LogP contribution >= 0.6 is 0 Å². The maximum Gasteiger partial charge on any atom is 0.326 e. The number of amides is 3. The third-order valence-electron chi connectivity index (χ3n) is 7.95. The molecule has 0 saturated carbocycles. The minimum absolute atomic E-state index is 0.138. The Balaban J connectivity index is 1.29. The Morgan fingerprint density at radius 3 is 2.74 bits per heavy atom. The number of hydrogen-bond acceptors (Lipinski definition) is 8. The smallest absolute Gasteiger partial charge is 0.326 e. The van der Waals surface area contributed by atoms with Crippen molar-refractivity contribution in [3.05, 3.63) is 78.5 Å². The van der Waals surface area contributed by atoms with Gasteiger partial charge in [-0.15, -0.1) is 0 Å². The van der Waals surface area contributed by atoms with Gasteiger partial charge < -0.3 is 29.5 Å². The Morgan fingerprint density at radius 1 is 1.17 bits per heavy atom. The van der Waals surface area contributed by atoms with Gasteiger partial charge in [0.2, 0.25) is 11.9 Å². The highest BCUT2D eigenvalue weighted by Gasteiger charge is 2.40. The Kier molecular flexibility index (Phi) is 7.91. The third kappa shape index (κ3) is 5.60. The molecule has 6 rings (SSSR count). The number of rotatable bonds is 8. The molecule has 0 aliphatic carbocycles. The van der Waals surface area contributed by atoms with Crippen LogP contribution in [0.1, 0.15) is 17.5 Å². The number of aromatic nitrogens is 2. The molecule has 3 amide bonds. The van der Waals surface area contributed by atoms with Crippen molar-refractivity contribution >= 4 is 35.1 Å². The number of fused-ring (bicyclic) bond motifs is 1. The van der Waals surface area contributed by atoms with Crippen LogP contribution in [0.15, 0.2) is 67.4 Å². The summed E-state index contributed by atoms with van der Waals surface area (Å²) in [5, 5.41) is 3.30. The summed E-state index contributed by atoms with van der Waals surface area (Å²) in [6.07, 6.45) is 3.74. The van der Waals surface area contributed by atoms with E-state index >= 15 is 0 Å². The lowest BCUT2D eigenvalue weighted by Gasteiger charge is -2.39. The van der Waals surface area contributed by atoms with Crippen molar-refractivity contribution in [2.24, 2.45) is 0 Å². The van der Waals surface area contributed by atoms with Crippen LogP contribution in [0, 0.1) is 0 Å². The molecule has 0 radical (unpaired) electrons. The number of nitrogens with zero attached hydrogens (tertiary/aromatic N) is 6. The minimum atomic E-state index is -0.219. The third-order valence-corrected chi connectivity index (χ3v) is 7.95. The first kappa shape index (κ1) is 27.5. The summed E-state index contributed by atoms with van der Waals surface area (Å²) in [4.78, 5) is 43.3. The number of anilines is 4. The lowest BCUT2D eigenvalue weighted by Crippen LogP contribution is -2.52. The topological polar surface area (TPSA) is 103 Å². The van der Waals surface area contributed by atoms with Gasteiger partial charge in [-0.1, -0.05) is 36.9 Å². The van der Waals surface area contributed by atoms with Crippen molar-refractivity contribution in [3.63, 3.8) is 0 Å². The van der Waals surface area contributed by atoms with E-state index in [1.165, 1.54) is 6.08 Å². The quantitative estimate of drug-likeness (QED) is 0.409. The second-order valence-corrected chi connectivity index (χ2v) is 10.6. The molecule has 42 heavy (non-hydrogen) atoms. The van der Waals surface area contributed by atoms with Crippen molar-refractivity contribution in [1.82, 2.24) is 19.8 Å². The van der Waals surface area contributed by atoms with Gasteiger partial charge >= 0.3 is 6.03 Å². The molecule has 0 unspecified atom stereocenters. The highest BCUT2D eigenvalue weighted by Crippen LogP contribution is 2.35. The molecule has 3 aromatic rings. The van der Waals surface area contributed by atoms with E-state index in [1.54, 1.807) is 28.0 Å². The summed E-state index contributed by atoms with van der Waals surface area (Å²) in [6.45, 7) is 8.49. The van der Waals surface area contributed by atoms with E-state index in [9.17, 15) is 9.59 Å². The first-order valence-corrected chi connectivity index (χ1v) is 14.2. The lowest BCUT2D eigenvalue weighted by molar-refractivity contribution is -0.125. The first-order chi connectivity index (χ1) is 20.5. The minimum Gasteiger partial charge on any atom is -0.494 e. The van der Waals surface area contributed by atoms with Crippen LogP contribution in [-0.4, -0.2) is 84.3 Å². The van der Waals surface area contributed by atoms with E-state index in [0.717, 1.165) is 35.6 Å². The van der Waals surface area contributed by atoms with Gasteiger partial charge in [0.15, 0.2) is 0 Å². The fraction of sp³-hybridized carbons (Fsp3) is 0.355. The number of ether oxygens (including phenoxy) is 2. The fourth-order valence-corrected chi connectivity index (χ4v) is 5.75. The summed E-state index contributed by atoms with van der Waals surface area (Å²) >= 11 is 0. The summed E-state index contributed by atoms with van der Waals surface area (Å²) in [5.41, 5.74) is 3.66. The van der Waals surface area contributed by atoms with E-state index in [-0.39, 0.29) is 18.0 Å². The molecule has 2 aromatic carbocycles. The van der Waals surface area contributed by atoms with Gasteiger partial charge in [-0.05, 0) is 30.2 Å². The van der Waals surface area contributed by atoms with E-state index < -0.39 is 0 Å². The van der Waals surface area contributed by atoms with Crippen LogP contribution in [0.2, 0.25) is 0 Å². The number of carbonyl (C=O) groups is 2. The molecule has 0 bridgehead atoms. The summed E-state index contributed by atoms with van der Waals surface area (Å²) < 4.78 is 11.2. The van der Waals surface area contributed by atoms with Crippen LogP contribution in [0.3, 0.4) is 0 Å². The molecule has 1 N–H and O–H groups in total. The Bertz CT molecular complexity index is 1460. The van der Waals surface area contributed by atoms with Crippen molar-refractivity contribution in [1.29, 1.82) is 0 Å². The van der Waals surface area contributed by atoms with E-state index in [1.807, 2.05) is 48.5 Å². The molecular weight excluding hydrogens is 534 g/mol. The molecule has 11 nitrogen and oxygen atoms in total. The number of hydrogen-bond donors (Lipinski definition) is 1. The second-order valence-electron chi connectivity index (χ2n) is 10.6. The van der Waals surface area contributed by atoms with E-state index in [0.29, 0.717) is 63.3 Å². The van der Waals surface area contributed by atoms with Crippen molar-refractivity contribution < 1.29 is 19.1 Å². The number of methoxy groups -OCH3 is 1. The van der Waals surface area contributed by atoms with Crippen molar-refractivity contribution in [3.8, 4) is 5.75 Å². The van der Waals surface area contributed by atoms with Crippen LogP contribution < -0.4 is 19.9 Å². The molecule has 1 atom stereocenters. The average molecular weight is 570 g/mol. The predicted octanol–water partition coefficient (Wildman–Crippen LogP) is 3.79. The molecule has 4 heterocycles. The maximum atomic E-state index is 14.0. The average Bonchev–Trinajstić information content (AvgIpc) is 3.52. The van der Waals surface area contributed by atoms with Crippen LogP contribution in [0.4, 0.5) is 27.9 Å². The normalized spacial score (nSPS) is 18.6. The lowest BCUT2D eigenvalue weighted by atomic mass is 10.1. The summed E-state index contributed by atoms with van der Waals surface area (Å²) in [6, 6.07) is 15.5. The number of carbonyl (C=O) groups excluding carboxylic acids is 2. The van der Waals surface area contributed by atoms with Gasteiger partial charge in [-0.3, -0.25) is 9.69 Å². The molecule has 1 aromatic heterocycles. The number of urea groups is 1. The van der Waals surface area contributed by atoms with Crippen molar-refractivity contribution in [2.45, 2.75) is 25.6 Å². The second kappa shape index (κ2) is 12.1. The summed E-state index contributed by atoms with van der Waals surface area (Å²) in [5.74, 6) is 1.44. The maximum absolute atomic E-state index is 14.0. The van der Waals surface area contributed by atoms with E-state index in [2.05, 4.69) is 21.8 Å². The van der Waals surface area contributed by atoms with Gasteiger partial charge in [-0.2, -0.15) is 4.98 Å². The number of likely N-dealkylation sites (tertiary alicyclic amines) is 1. The monoisotopic (exact) mass is 569 g/mol.